The molecule has 0 radical (unpaired) electrons. The van der Waals surface area contributed by atoms with Gasteiger partial charge in [0, 0.05) is 43.9 Å². The second-order valence-corrected chi connectivity index (χ2v) is 9.28. The number of ether oxygens (including phenoxy) is 1. The summed E-state index contributed by atoms with van der Waals surface area (Å²) in [6.07, 6.45) is 1.62. The molecule has 2 heterocycles. The minimum absolute atomic E-state index is 0.0522. The van der Waals surface area contributed by atoms with E-state index in [0.29, 0.717) is 5.69 Å². The van der Waals surface area contributed by atoms with Crippen LogP contribution in [0.25, 0.3) is 0 Å². The largest absolute Gasteiger partial charge is 0.486 e. The maximum absolute atomic E-state index is 14.8. The van der Waals surface area contributed by atoms with Crippen LogP contribution in [-0.4, -0.2) is 40.2 Å². The van der Waals surface area contributed by atoms with Crippen molar-refractivity contribution in [2.45, 2.75) is 42.1 Å². The Morgan fingerprint density at radius 2 is 1.94 bits per heavy atom. The standard InChI is InChI=1S/C20H19F4N5O3S/c1-29-13(5-9-27-29)12-4-7-20(23,24)10-15(12)32-14-2-3-16(19(22)18(14)21)33(30,31)28-17-6-8-25-11-26-17/h2-3,5-6,8-9,11-12,15H,4,7,10H2,1H3,(H,25,26,28)/t12-,15+/m1/s1. The van der Waals surface area contributed by atoms with Crippen molar-refractivity contribution in [2.24, 2.45) is 7.05 Å². The predicted molar refractivity (Wildman–Crippen MR) is 108 cm³/mol. The molecule has 33 heavy (non-hydrogen) atoms. The van der Waals surface area contributed by atoms with Crippen molar-refractivity contribution in [3.63, 3.8) is 0 Å². The highest BCUT2D eigenvalue weighted by molar-refractivity contribution is 7.92. The third kappa shape index (κ3) is 4.77. The minimum atomic E-state index is -4.53. The molecular weight excluding hydrogens is 466 g/mol. The van der Waals surface area contributed by atoms with Crippen LogP contribution in [0.1, 0.15) is 30.9 Å². The zero-order chi connectivity index (χ0) is 23.8. The highest BCUT2D eigenvalue weighted by atomic mass is 32.2. The van der Waals surface area contributed by atoms with Gasteiger partial charge in [-0.2, -0.15) is 9.49 Å². The summed E-state index contributed by atoms with van der Waals surface area (Å²) in [7, 11) is -2.89. The SMILES string of the molecule is Cn1nccc1[C@H]1CCC(F)(F)C[C@@H]1Oc1ccc(S(=O)(=O)Nc2ccncn2)c(F)c1F. The molecule has 176 valence electrons. The molecule has 8 nitrogen and oxygen atoms in total. The van der Waals surface area contributed by atoms with Gasteiger partial charge in [0.05, 0.1) is 0 Å². The lowest BCUT2D eigenvalue weighted by Gasteiger charge is -2.36. The number of aryl methyl sites for hydroxylation is 1. The molecule has 2 aromatic heterocycles. The first-order valence-electron chi connectivity index (χ1n) is 9.86. The van der Waals surface area contributed by atoms with Crippen LogP contribution in [0, 0.1) is 11.6 Å². The third-order valence-corrected chi connectivity index (χ3v) is 6.78. The van der Waals surface area contributed by atoms with Gasteiger partial charge in [-0.15, -0.1) is 0 Å². The van der Waals surface area contributed by atoms with Gasteiger partial charge in [-0.05, 0) is 30.7 Å². The highest BCUT2D eigenvalue weighted by Gasteiger charge is 2.44. The molecule has 4 rings (SSSR count). The Bertz CT molecular complexity index is 1250. The summed E-state index contributed by atoms with van der Waals surface area (Å²) in [5.74, 6) is -7.69. The van der Waals surface area contributed by atoms with Gasteiger partial charge in [0.2, 0.25) is 5.82 Å². The fourth-order valence-electron chi connectivity index (χ4n) is 3.82. The number of hydrogen-bond acceptors (Lipinski definition) is 6. The average Bonchev–Trinajstić information content (AvgIpc) is 3.17. The van der Waals surface area contributed by atoms with E-state index in [1.807, 2.05) is 4.72 Å². The van der Waals surface area contributed by atoms with E-state index in [1.54, 1.807) is 13.1 Å². The van der Waals surface area contributed by atoms with E-state index in [1.165, 1.54) is 23.1 Å². The first kappa shape index (κ1) is 23.0. The Morgan fingerprint density at radius 1 is 1.15 bits per heavy atom. The van der Waals surface area contributed by atoms with Gasteiger partial charge in [-0.1, -0.05) is 0 Å². The Hall–Kier alpha value is -3.22. The Morgan fingerprint density at radius 3 is 2.61 bits per heavy atom. The van der Waals surface area contributed by atoms with E-state index in [4.69, 9.17) is 4.74 Å². The predicted octanol–water partition coefficient (Wildman–Crippen LogP) is 3.64. The first-order valence-corrected chi connectivity index (χ1v) is 11.3. The number of alkyl halides is 2. The molecule has 1 aliphatic carbocycles. The van der Waals surface area contributed by atoms with Crippen LogP contribution in [0.4, 0.5) is 23.4 Å². The quantitative estimate of drug-likeness (QED) is 0.536. The fourth-order valence-corrected chi connectivity index (χ4v) is 4.90. The van der Waals surface area contributed by atoms with Gasteiger partial charge in [0.25, 0.3) is 15.9 Å². The summed E-state index contributed by atoms with van der Waals surface area (Å²) in [6, 6.07) is 4.58. The van der Waals surface area contributed by atoms with Crippen LogP contribution in [0.5, 0.6) is 5.75 Å². The lowest BCUT2D eigenvalue weighted by atomic mass is 9.82. The molecule has 0 aliphatic heterocycles. The molecule has 0 unspecified atom stereocenters. The fraction of sp³-hybridized carbons (Fsp3) is 0.350. The van der Waals surface area contributed by atoms with Crippen LogP contribution in [0.2, 0.25) is 0 Å². The molecule has 1 N–H and O–H groups in total. The second-order valence-electron chi connectivity index (χ2n) is 7.63. The van der Waals surface area contributed by atoms with E-state index in [0.717, 1.165) is 18.5 Å². The molecule has 1 aliphatic rings. The number of benzene rings is 1. The maximum Gasteiger partial charge on any atom is 0.266 e. The molecule has 1 fully saturated rings. The third-order valence-electron chi connectivity index (χ3n) is 5.41. The molecular formula is C20H19F4N5O3S. The minimum Gasteiger partial charge on any atom is -0.486 e. The van der Waals surface area contributed by atoms with Crippen LogP contribution in [0.15, 0.2) is 47.9 Å². The van der Waals surface area contributed by atoms with Crippen LogP contribution >= 0.6 is 0 Å². The number of hydrogen-bond donors (Lipinski definition) is 1. The average molecular weight is 485 g/mol. The number of aromatic nitrogens is 4. The number of rotatable bonds is 6. The van der Waals surface area contributed by atoms with Crippen molar-refractivity contribution in [1.82, 2.24) is 19.7 Å². The molecule has 2 atom stereocenters. The Kier molecular flexibility index (Phi) is 5.99. The van der Waals surface area contributed by atoms with Crippen LogP contribution in [0.3, 0.4) is 0 Å². The highest BCUT2D eigenvalue weighted by Crippen LogP contribution is 2.43. The number of nitrogens with one attached hydrogen (secondary N) is 1. The van der Waals surface area contributed by atoms with Crippen LogP contribution in [-0.2, 0) is 17.1 Å². The van der Waals surface area contributed by atoms with Crippen molar-refractivity contribution < 1.29 is 30.7 Å². The first-order chi connectivity index (χ1) is 15.6. The molecule has 0 amide bonds. The molecule has 1 saturated carbocycles. The molecule has 13 heteroatoms. The molecule has 3 aromatic rings. The van der Waals surface area contributed by atoms with E-state index < -0.39 is 56.7 Å². The molecule has 0 spiro atoms. The van der Waals surface area contributed by atoms with Crippen molar-refractivity contribution in [3.8, 4) is 5.75 Å². The Balaban J connectivity index is 1.62. The zero-order valence-electron chi connectivity index (χ0n) is 17.3. The maximum atomic E-state index is 14.8. The number of halogens is 4. The van der Waals surface area contributed by atoms with Crippen LogP contribution < -0.4 is 9.46 Å². The van der Waals surface area contributed by atoms with Gasteiger partial charge in [0.15, 0.2) is 11.6 Å². The number of sulfonamides is 1. The lowest BCUT2D eigenvalue weighted by molar-refractivity contribution is -0.0787. The Labute approximate surface area is 186 Å². The van der Waals surface area contributed by atoms with Gasteiger partial charge in [0.1, 0.15) is 23.1 Å². The van der Waals surface area contributed by atoms with Crippen molar-refractivity contribution in [3.05, 3.63) is 60.3 Å². The van der Waals surface area contributed by atoms with E-state index >= 15 is 0 Å². The van der Waals surface area contributed by atoms with Gasteiger partial charge in [-0.25, -0.2) is 31.6 Å². The second kappa shape index (κ2) is 8.61. The summed E-state index contributed by atoms with van der Waals surface area (Å²) in [4.78, 5) is 6.32. The summed E-state index contributed by atoms with van der Waals surface area (Å²) in [6.45, 7) is 0. The topological polar surface area (TPSA) is 99.0 Å². The summed E-state index contributed by atoms with van der Waals surface area (Å²) in [5, 5.41) is 4.03. The van der Waals surface area contributed by atoms with Crippen molar-refractivity contribution >= 4 is 15.8 Å². The molecule has 0 saturated heterocycles. The lowest BCUT2D eigenvalue weighted by Crippen LogP contribution is -2.39. The zero-order valence-corrected chi connectivity index (χ0v) is 18.1. The monoisotopic (exact) mass is 485 g/mol. The van der Waals surface area contributed by atoms with Gasteiger partial charge in [-0.3, -0.25) is 9.40 Å². The van der Waals surface area contributed by atoms with Crippen molar-refractivity contribution in [1.29, 1.82) is 0 Å². The number of anilines is 1. The van der Waals surface area contributed by atoms with E-state index in [2.05, 4.69) is 15.1 Å². The number of nitrogens with zero attached hydrogens (tertiary/aromatic N) is 4. The van der Waals surface area contributed by atoms with E-state index in [-0.39, 0.29) is 18.7 Å². The summed E-state index contributed by atoms with van der Waals surface area (Å²) < 4.78 is 91.7. The smallest absolute Gasteiger partial charge is 0.266 e. The molecule has 0 bridgehead atoms. The van der Waals surface area contributed by atoms with Gasteiger partial charge < -0.3 is 4.74 Å². The normalized spacial score (nSPS) is 20.4. The summed E-state index contributed by atoms with van der Waals surface area (Å²) >= 11 is 0. The van der Waals surface area contributed by atoms with Crippen molar-refractivity contribution in [2.75, 3.05) is 4.72 Å². The summed E-state index contributed by atoms with van der Waals surface area (Å²) in [5.41, 5.74) is 0.615. The molecule has 1 aromatic carbocycles. The van der Waals surface area contributed by atoms with E-state index in [9.17, 15) is 26.0 Å². The van der Waals surface area contributed by atoms with Gasteiger partial charge >= 0.3 is 0 Å².